The van der Waals surface area contributed by atoms with Crippen molar-refractivity contribution in [2.45, 2.75) is 6.92 Å². The Balaban J connectivity index is 0.00000112. The fourth-order valence-electron chi connectivity index (χ4n) is 1.40. The second kappa shape index (κ2) is 5.15. The number of pyridine rings is 1. The number of nitrogens with zero attached hydrogens (tertiary/aromatic N) is 1. The minimum Gasteiger partial charge on any atom is -0.253 e. The van der Waals surface area contributed by atoms with E-state index in [1.54, 1.807) is 6.07 Å². The Morgan fingerprint density at radius 1 is 1.07 bits per heavy atom. The summed E-state index contributed by atoms with van der Waals surface area (Å²) in [4.78, 5) is 4.03. The van der Waals surface area contributed by atoms with Crippen molar-refractivity contribution in [1.29, 1.82) is 0 Å². The van der Waals surface area contributed by atoms with Crippen molar-refractivity contribution < 1.29 is 24.5 Å². The number of hydrogen-bond acceptors (Lipinski definition) is 1. The van der Waals surface area contributed by atoms with E-state index in [0.29, 0.717) is 0 Å². The number of benzene rings is 1. The summed E-state index contributed by atoms with van der Waals surface area (Å²) < 4.78 is 12.6. The normalized spacial score (nSPS) is 9.47. The molecule has 0 atom stereocenters. The summed E-state index contributed by atoms with van der Waals surface area (Å²) in [7, 11) is 0. The molecule has 0 N–H and O–H groups in total. The molecule has 0 amide bonds. The van der Waals surface area contributed by atoms with Gasteiger partial charge in [0.15, 0.2) is 0 Å². The Labute approximate surface area is 102 Å². The summed E-state index contributed by atoms with van der Waals surface area (Å²) in [6.07, 6.45) is 1.24. The molecule has 2 aromatic rings. The van der Waals surface area contributed by atoms with E-state index in [9.17, 15) is 4.39 Å². The number of aromatic nitrogens is 1. The predicted molar refractivity (Wildman–Crippen MR) is 54.4 cm³/mol. The van der Waals surface area contributed by atoms with Gasteiger partial charge in [-0.05, 0) is 24.6 Å². The summed E-state index contributed by atoms with van der Waals surface area (Å²) in [5.41, 5.74) is 3.00. The van der Waals surface area contributed by atoms with Gasteiger partial charge in [-0.1, -0.05) is 24.3 Å². The molecule has 1 aromatic carbocycles. The van der Waals surface area contributed by atoms with Gasteiger partial charge < -0.3 is 0 Å². The molecule has 0 unspecified atom stereocenters. The van der Waals surface area contributed by atoms with E-state index in [1.165, 1.54) is 12.3 Å². The van der Waals surface area contributed by atoms with Gasteiger partial charge in [-0.15, -0.1) is 0 Å². The van der Waals surface area contributed by atoms with Crippen molar-refractivity contribution in [2.75, 3.05) is 0 Å². The minimum atomic E-state index is -0.303. The van der Waals surface area contributed by atoms with Crippen LogP contribution in [-0.4, -0.2) is 4.98 Å². The third-order valence-electron chi connectivity index (χ3n) is 2.15. The smallest absolute Gasteiger partial charge is 0.141 e. The van der Waals surface area contributed by atoms with Gasteiger partial charge in [0.1, 0.15) is 5.82 Å². The van der Waals surface area contributed by atoms with Crippen molar-refractivity contribution in [3.63, 3.8) is 0 Å². The molecule has 0 saturated heterocycles. The van der Waals surface area contributed by atoms with Crippen LogP contribution in [0, 0.1) is 12.7 Å². The van der Waals surface area contributed by atoms with E-state index in [2.05, 4.69) is 4.98 Å². The van der Waals surface area contributed by atoms with E-state index in [-0.39, 0.29) is 25.9 Å². The first-order chi connectivity index (χ1) is 6.77. The standard InChI is InChI=1S/C12H10FN.Ir/c1-9-4-2-3-5-11(9)12-7-6-10(13)8-14-12;/h2-8H,1H3;. The van der Waals surface area contributed by atoms with E-state index in [4.69, 9.17) is 0 Å². The van der Waals surface area contributed by atoms with Crippen LogP contribution in [0.2, 0.25) is 0 Å². The molecule has 0 spiro atoms. The van der Waals surface area contributed by atoms with Gasteiger partial charge in [0.2, 0.25) is 0 Å². The average molecular weight is 379 g/mol. The van der Waals surface area contributed by atoms with E-state index in [0.717, 1.165) is 16.8 Å². The molecule has 0 fully saturated rings. The fourth-order valence-corrected chi connectivity index (χ4v) is 1.40. The quantitative estimate of drug-likeness (QED) is 0.742. The van der Waals surface area contributed by atoms with Crippen LogP contribution in [0.15, 0.2) is 42.6 Å². The third-order valence-corrected chi connectivity index (χ3v) is 2.15. The molecule has 2 rings (SSSR count). The van der Waals surface area contributed by atoms with Crippen LogP contribution < -0.4 is 0 Å². The number of hydrogen-bond donors (Lipinski definition) is 0. The zero-order valence-electron chi connectivity index (χ0n) is 8.20. The van der Waals surface area contributed by atoms with Crippen LogP contribution in [-0.2, 0) is 20.1 Å². The molecule has 1 nitrogen and oxygen atoms in total. The maximum absolute atomic E-state index is 12.6. The first-order valence-corrected chi connectivity index (χ1v) is 4.45. The largest absolute Gasteiger partial charge is 0.253 e. The summed E-state index contributed by atoms with van der Waals surface area (Å²) in [6.45, 7) is 2.01. The second-order valence-corrected chi connectivity index (χ2v) is 3.18. The molecule has 0 aliphatic heterocycles. The van der Waals surface area contributed by atoms with Crippen LogP contribution in [0.3, 0.4) is 0 Å². The summed E-state index contributed by atoms with van der Waals surface area (Å²) in [5, 5.41) is 0. The van der Waals surface area contributed by atoms with Crippen LogP contribution in [0.5, 0.6) is 0 Å². The molecule has 1 heterocycles. The number of rotatable bonds is 1. The Kier molecular flexibility index (Phi) is 4.13. The van der Waals surface area contributed by atoms with Crippen molar-refractivity contribution >= 4 is 0 Å². The first-order valence-electron chi connectivity index (χ1n) is 4.45. The molecule has 1 radical (unpaired) electrons. The molecular formula is C12H10FIrN. The maximum atomic E-state index is 12.6. The third kappa shape index (κ3) is 2.71. The van der Waals surface area contributed by atoms with Gasteiger partial charge in [-0.2, -0.15) is 0 Å². The Morgan fingerprint density at radius 3 is 2.40 bits per heavy atom. The van der Waals surface area contributed by atoms with Gasteiger partial charge in [0, 0.05) is 25.7 Å². The average Bonchev–Trinajstić information content (AvgIpc) is 2.20. The number of aryl methyl sites for hydroxylation is 1. The zero-order valence-corrected chi connectivity index (χ0v) is 10.6. The Morgan fingerprint density at radius 2 is 1.80 bits per heavy atom. The van der Waals surface area contributed by atoms with Crippen molar-refractivity contribution in [3.05, 3.63) is 54.0 Å². The van der Waals surface area contributed by atoms with E-state index >= 15 is 0 Å². The summed E-state index contributed by atoms with van der Waals surface area (Å²) in [6, 6.07) is 11.0. The van der Waals surface area contributed by atoms with Gasteiger partial charge in [0.25, 0.3) is 0 Å². The first kappa shape index (κ1) is 12.0. The molecule has 0 aliphatic rings. The van der Waals surface area contributed by atoms with Crippen molar-refractivity contribution in [3.8, 4) is 11.3 Å². The van der Waals surface area contributed by atoms with Gasteiger partial charge >= 0.3 is 0 Å². The van der Waals surface area contributed by atoms with Gasteiger partial charge in [0.05, 0.1) is 11.9 Å². The summed E-state index contributed by atoms with van der Waals surface area (Å²) >= 11 is 0. The molecule has 1 aromatic heterocycles. The molecule has 0 bridgehead atoms. The maximum Gasteiger partial charge on any atom is 0.141 e. The fraction of sp³-hybridized carbons (Fsp3) is 0.0833. The molecule has 0 aliphatic carbocycles. The molecule has 79 valence electrons. The van der Waals surface area contributed by atoms with Crippen molar-refractivity contribution in [1.82, 2.24) is 4.98 Å². The van der Waals surface area contributed by atoms with Gasteiger partial charge in [-0.25, -0.2) is 4.39 Å². The molecule has 3 heteroatoms. The molecule has 15 heavy (non-hydrogen) atoms. The van der Waals surface area contributed by atoms with Crippen LogP contribution in [0.1, 0.15) is 5.56 Å². The Bertz CT molecular complexity index is 440. The number of halogens is 1. The topological polar surface area (TPSA) is 12.9 Å². The SMILES string of the molecule is Cc1ccccc1-c1ccc(F)cn1.[Ir]. The molecular weight excluding hydrogens is 369 g/mol. The minimum absolute atomic E-state index is 0. The Hall–Kier alpha value is -1.05. The monoisotopic (exact) mass is 380 g/mol. The summed E-state index contributed by atoms with van der Waals surface area (Å²) in [5.74, 6) is -0.303. The van der Waals surface area contributed by atoms with E-state index < -0.39 is 0 Å². The second-order valence-electron chi connectivity index (χ2n) is 3.18. The van der Waals surface area contributed by atoms with Gasteiger partial charge in [-0.3, -0.25) is 4.98 Å². The predicted octanol–water partition coefficient (Wildman–Crippen LogP) is 3.19. The van der Waals surface area contributed by atoms with Crippen LogP contribution in [0.4, 0.5) is 4.39 Å². The van der Waals surface area contributed by atoms with Crippen LogP contribution in [0.25, 0.3) is 11.3 Å². The van der Waals surface area contributed by atoms with Crippen molar-refractivity contribution in [2.24, 2.45) is 0 Å². The van der Waals surface area contributed by atoms with Crippen LogP contribution >= 0.6 is 0 Å². The zero-order chi connectivity index (χ0) is 9.97. The van der Waals surface area contributed by atoms with E-state index in [1.807, 2.05) is 31.2 Å². The molecule has 0 saturated carbocycles.